The second kappa shape index (κ2) is 8.11. The van der Waals surface area contributed by atoms with Crippen LogP contribution in [-0.2, 0) is 11.3 Å². The highest BCUT2D eigenvalue weighted by Gasteiger charge is 2.19. The topological polar surface area (TPSA) is 107 Å². The van der Waals surface area contributed by atoms with Crippen molar-refractivity contribution in [3.05, 3.63) is 58.1 Å². The first kappa shape index (κ1) is 19.8. The number of nitrogens with one attached hydrogen (secondary N) is 1. The number of halogens is 1. The van der Waals surface area contributed by atoms with Gasteiger partial charge in [-0.05, 0) is 37.6 Å². The third-order valence-corrected chi connectivity index (χ3v) is 4.90. The Hall–Kier alpha value is -3.46. The Labute approximate surface area is 176 Å². The van der Waals surface area contributed by atoms with E-state index in [1.165, 1.54) is 4.40 Å². The van der Waals surface area contributed by atoms with Crippen molar-refractivity contribution in [3.8, 4) is 22.8 Å². The summed E-state index contributed by atoms with van der Waals surface area (Å²) in [6, 6.07) is 10.5. The van der Waals surface area contributed by atoms with Crippen LogP contribution in [0.5, 0.6) is 0 Å². The van der Waals surface area contributed by atoms with Crippen LogP contribution in [0, 0.1) is 0 Å². The quantitative estimate of drug-likeness (QED) is 0.508. The zero-order valence-electron chi connectivity index (χ0n) is 16.4. The Morgan fingerprint density at radius 1 is 1.30 bits per heavy atom. The molecule has 1 aromatic carbocycles. The summed E-state index contributed by atoms with van der Waals surface area (Å²) in [7, 11) is 0. The molecule has 0 saturated carbocycles. The zero-order chi connectivity index (χ0) is 21.3. The lowest BCUT2D eigenvalue weighted by molar-refractivity contribution is -0.122. The molecular formula is C20H19ClN6O3. The van der Waals surface area contributed by atoms with Crippen molar-refractivity contribution in [2.45, 2.75) is 32.9 Å². The lowest BCUT2D eigenvalue weighted by Crippen LogP contribution is -2.37. The van der Waals surface area contributed by atoms with Gasteiger partial charge in [0.2, 0.25) is 11.7 Å². The molecule has 3 aromatic heterocycles. The van der Waals surface area contributed by atoms with Gasteiger partial charge in [-0.2, -0.15) is 4.98 Å². The molecule has 9 nitrogen and oxygen atoms in total. The first-order valence-corrected chi connectivity index (χ1v) is 9.81. The SMILES string of the molecule is CC[C@@H](C)NC(=O)Cn1nc2c(-c3nc(-c4cccc(Cl)c4)no3)cccn2c1=O. The molecule has 0 fully saturated rings. The smallest absolute Gasteiger partial charge is 0.350 e. The van der Waals surface area contributed by atoms with E-state index in [0.717, 1.165) is 11.1 Å². The van der Waals surface area contributed by atoms with Gasteiger partial charge in [0.1, 0.15) is 6.54 Å². The Kier molecular flexibility index (Phi) is 5.37. The number of aromatic nitrogens is 5. The number of nitrogens with zero attached hydrogens (tertiary/aromatic N) is 5. The lowest BCUT2D eigenvalue weighted by atomic mass is 10.2. The largest absolute Gasteiger partial charge is 0.352 e. The number of carbonyl (C=O) groups is 1. The molecule has 4 aromatic rings. The van der Waals surface area contributed by atoms with Gasteiger partial charge in [0.15, 0.2) is 5.65 Å². The molecule has 1 atom stereocenters. The van der Waals surface area contributed by atoms with E-state index in [2.05, 4.69) is 20.6 Å². The van der Waals surface area contributed by atoms with E-state index in [-0.39, 0.29) is 24.4 Å². The maximum Gasteiger partial charge on any atom is 0.350 e. The van der Waals surface area contributed by atoms with Crippen LogP contribution in [0.15, 0.2) is 51.9 Å². The van der Waals surface area contributed by atoms with Crippen LogP contribution >= 0.6 is 11.6 Å². The zero-order valence-corrected chi connectivity index (χ0v) is 17.1. The Morgan fingerprint density at radius 3 is 2.90 bits per heavy atom. The molecule has 10 heteroatoms. The maximum absolute atomic E-state index is 12.7. The predicted octanol–water partition coefficient (Wildman–Crippen LogP) is 2.78. The van der Waals surface area contributed by atoms with Crippen molar-refractivity contribution >= 4 is 23.2 Å². The van der Waals surface area contributed by atoms with Gasteiger partial charge in [0.25, 0.3) is 5.89 Å². The standard InChI is InChI=1S/C20H19ClN6O3/c1-3-12(2)22-16(28)11-27-20(29)26-9-5-8-15(18(26)24-27)19-23-17(25-30-19)13-6-4-7-14(21)10-13/h4-10,12H,3,11H2,1-2H3,(H,22,28)/t12-/m1/s1. The van der Waals surface area contributed by atoms with E-state index in [4.69, 9.17) is 16.1 Å². The molecule has 154 valence electrons. The highest BCUT2D eigenvalue weighted by Crippen LogP contribution is 2.25. The van der Waals surface area contributed by atoms with Crippen LogP contribution in [0.2, 0.25) is 5.02 Å². The van der Waals surface area contributed by atoms with Gasteiger partial charge in [-0.15, -0.1) is 5.10 Å². The van der Waals surface area contributed by atoms with Gasteiger partial charge in [-0.3, -0.25) is 4.79 Å². The van der Waals surface area contributed by atoms with E-state index < -0.39 is 5.69 Å². The van der Waals surface area contributed by atoms with Crippen LogP contribution in [0.3, 0.4) is 0 Å². The average Bonchev–Trinajstić information content (AvgIpc) is 3.33. The van der Waals surface area contributed by atoms with E-state index in [1.54, 1.807) is 36.5 Å². The summed E-state index contributed by atoms with van der Waals surface area (Å²) in [6.45, 7) is 3.69. The van der Waals surface area contributed by atoms with E-state index in [0.29, 0.717) is 27.6 Å². The summed E-state index contributed by atoms with van der Waals surface area (Å²) < 4.78 is 7.86. The minimum atomic E-state index is -0.430. The van der Waals surface area contributed by atoms with Crippen LogP contribution in [0.1, 0.15) is 20.3 Å². The molecule has 0 bridgehead atoms. The fourth-order valence-electron chi connectivity index (χ4n) is 2.94. The minimum absolute atomic E-state index is 0.0177. The highest BCUT2D eigenvalue weighted by molar-refractivity contribution is 6.30. The van der Waals surface area contributed by atoms with Crippen LogP contribution < -0.4 is 11.0 Å². The van der Waals surface area contributed by atoms with E-state index in [1.807, 2.05) is 19.9 Å². The fraction of sp³-hybridized carbons (Fsp3) is 0.250. The summed E-state index contributed by atoms with van der Waals surface area (Å²) in [5.74, 6) is 0.290. The summed E-state index contributed by atoms with van der Waals surface area (Å²) >= 11 is 6.03. The highest BCUT2D eigenvalue weighted by atomic mass is 35.5. The Balaban J connectivity index is 1.69. The van der Waals surface area contributed by atoms with Crippen molar-refractivity contribution in [1.29, 1.82) is 0 Å². The number of benzene rings is 1. The Morgan fingerprint density at radius 2 is 2.13 bits per heavy atom. The summed E-state index contributed by atoms with van der Waals surface area (Å²) in [6.07, 6.45) is 2.37. The molecule has 30 heavy (non-hydrogen) atoms. The number of amides is 1. The third-order valence-electron chi connectivity index (χ3n) is 4.66. The molecule has 1 amide bonds. The van der Waals surface area contributed by atoms with Gasteiger partial charge in [0, 0.05) is 22.8 Å². The molecule has 0 saturated heterocycles. The summed E-state index contributed by atoms with van der Waals surface area (Å²) in [4.78, 5) is 29.3. The fourth-order valence-corrected chi connectivity index (χ4v) is 3.13. The van der Waals surface area contributed by atoms with E-state index in [9.17, 15) is 9.59 Å². The maximum atomic E-state index is 12.7. The normalized spacial score (nSPS) is 12.2. The third kappa shape index (κ3) is 3.84. The van der Waals surface area contributed by atoms with Gasteiger partial charge in [0.05, 0.1) is 5.56 Å². The second-order valence-electron chi connectivity index (χ2n) is 6.87. The second-order valence-corrected chi connectivity index (χ2v) is 7.30. The van der Waals surface area contributed by atoms with Crippen LogP contribution in [-0.4, -0.2) is 36.3 Å². The monoisotopic (exact) mass is 426 g/mol. The number of rotatable bonds is 6. The minimum Gasteiger partial charge on any atom is -0.352 e. The number of hydrogen-bond donors (Lipinski definition) is 1. The van der Waals surface area contributed by atoms with Gasteiger partial charge in [-0.1, -0.05) is 35.8 Å². The van der Waals surface area contributed by atoms with Crippen molar-refractivity contribution in [3.63, 3.8) is 0 Å². The summed E-state index contributed by atoms with van der Waals surface area (Å²) in [5.41, 5.74) is 1.08. The molecule has 0 aliphatic carbocycles. The Bertz CT molecular complexity index is 1280. The number of hydrogen-bond acceptors (Lipinski definition) is 6. The number of fused-ring (bicyclic) bond motifs is 1. The molecule has 3 heterocycles. The van der Waals surface area contributed by atoms with Gasteiger partial charge >= 0.3 is 5.69 Å². The summed E-state index contributed by atoms with van der Waals surface area (Å²) in [5, 5.41) is 11.7. The molecule has 1 N–H and O–H groups in total. The van der Waals surface area contributed by atoms with Gasteiger partial charge < -0.3 is 9.84 Å². The van der Waals surface area contributed by atoms with Crippen molar-refractivity contribution in [1.82, 2.24) is 29.6 Å². The molecule has 0 spiro atoms. The van der Waals surface area contributed by atoms with Crippen molar-refractivity contribution < 1.29 is 9.32 Å². The molecule has 0 unspecified atom stereocenters. The van der Waals surface area contributed by atoms with Crippen molar-refractivity contribution in [2.24, 2.45) is 0 Å². The first-order chi connectivity index (χ1) is 14.5. The molecule has 0 aliphatic rings. The predicted molar refractivity (Wildman–Crippen MR) is 111 cm³/mol. The number of carbonyl (C=O) groups excluding carboxylic acids is 1. The van der Waals surface area contributed by atoms with Crippen LogP contribution in [0.25, 0.3) is 28.5 Å². The molecule has 0 radical (unpaired) electrons. The van der Waals surface area contributed by atoms with Crippen molar-refractivity contribution in [2.75, 3.05) is 0 Å². The molecular weight excluding hydrogens is 408 g/mol. The van der Waals surface area contributed by atoms with Crippen LogP contribution in [0.4, 0.5) is 0 Å². The molecule has 0 aliphatic heterocycles. The number of pyridine rings is 1. The lowest BCUT2D eigenvalue weighted by Gasteiger charge is -2.10. The van der Waals surface area contributed by atoms with E-state index >= 15 is 0 Å². The average molecular weight is 427 g/mol. The first-order valence-electron chi connectivity index (χ1n) is 9.44. The molecule has 4 rings (SSSR count). The van der Waals surface area contributed by atoms with Gasteiger partial charge in [-0.25, -0.2) is 13.9 Å².